The Morgan fingerprint density at radius 2 is 2.08 bits per heavy atom. The van der Waals surface area contributed by atoms with Crippen LogP contribution in [0.3, 0.4) is 0 Å². The third kappa shape index (κ3) is 5.17. The van der Waals surface area contributed by atoms with Gasteiger partial charge >= 0.3 is 6.03 Å². The predicted molar refractivity (Wildman–Crippen MR) is 105 cm³/mol. The first-order valence-corrected chi connectivity index (χ1v) is 9.53. The Morgan fingerprint density at radius 1 is 1.35 bits per heavy atom. The Bertz CT molecular complexity index is 750. The fourth-order valence-electron chi connectivity index (χ4n) is 2.66. The molecule has 0 spiro atoms. The quantitative estimate of drug-likeness (QED) is 0.507. The summed E-state index contributed by atoms with van der Waals surface area (Å²) in [6.07, 6.45) is 0. The highest BCUT2D eigenvalue weighted by atomic mass is 35.5. The highest BCUT2D eigenvalue weighted by molar-refractivity contribution is 7.07. The molecule has 9 heteroatoms. The van der Waals surface area contributed by atoms with Gasteiger partial charge in [0.25, 0.3) is 5.69 Å². The van der Waals surface area contributed by atoms with E-state index in [0.29, 0.717) is 12.2 Å². The number of urea groups is 1. The van der Waals surface area contributed by atoms with Crippen molar-refractivity contribution in [1.29, 1.82) is 0 Å². The second-order valence-electron chi connectivity index (χ2n) is 5.55. The molecule has 0 aliphatic rings. The standard InChI is InChI=1S/C17H21ClN4O3S/c1-3-21(4-2)16(12-7-8-26-11-12)10-19-17(23)20-15-6-5-13(22(24)25)9-14(15)18/h5-9,11,16H,3-4,10H2,1-2H3,(H2,19,20,23). The molecule has 1 unspecified atom stereocenters. The highest BCUT2D eigenvalue weighted by Gasteiger charge is 2.19. The first kappa shape index (κ1) is 20.2. The monoisotopic (exact) mass is 396 g/mol. The number of likely N-dealkylation sites (N-methyl/N-ethyl adjacent to an activating group) is 1. The summed E-state index contributed by atoms with van der Waals surface area (Å²) in [5, 5.41) is 20.4. The maximum atomic E-state index is 12.2. The van der Waals surface area contributed by atoms with Crippen LogP contribution in [0, 0.1) is 10.1 Å². The van der Waals surface area contributed by atoms with Crippen LogP contribution in [0.2, 0.25) is 5.02 Å². The molecule has 0 aliphatic carbocycles. The van der Waals surface area contributed by atoms with Crippen LogP contribution in [0.5, 0.6) is 0 Å². The van der Waals surface area contributed by atoms with Crippen molar-refractivity contribution in [2.24, 2.45) is 0 Å². The summed E-state index contributed by atoms with van der Waals surface area (Å²) < 4.78 is 0. The van der Waals surface area contributed by atoms with Crippen LogP contribution < -0.4 is 10.6 Å². The van der Waals surface area contributed by atoms with E-state index in [4.69, 9.17) is 11.6 Å². The zero-order chi connectivity index (χ0) is 19.1. The summed E-state index contributed by atoms with van der Waals surface area (Å²) in [7, 11) is 0. The predicted octanol–water partition coefficient (Wildman–Crippen LogP) is 4.51. The number of amides is 2. The number of non-ortho nitro benzene ring substituents is 1. The Hall–Kier alpha value is -2.16. The lowest BCUT2D eigenvalue weighted by Gasteiger charge is -2.29. The third-order valence-corrected chi connectivity index (χ3v) is 5.06. The van der Waals surface area contributed by atoms with E-state index in [-0.39, 0.29) is 16.8 Å². The Labute approximate surface area is 161 Å². The fraction of sp³-hybridized carbons (Fsp3) is 0.353. The fourth-order valence-corrected chi connectivity index (χ4v) is 3.59. The summed E-state index contributed by atoms with van der Waals surface area (Å²) in [6.45, 7) is 6.34. The molecule has 1 aromatic carbocycles. The molecule has 2 amide bonds. The van der Waals surface area contributed by atoms with Crippen molar-refractivity contribution in [1.82, 2.24) is 10.2 Å². The first-order chi connectivity index (χ1) is 12.5. The van der Waals surface area contributed by atoms with Crippen molar-refractivity contribution in [2.45, 2.75) is 19.9 Å². The number of nitro benzene ring substituents is 1. The van der Waals surface area contributed by atoms with Crippen molar-refractivity contribution < 1.29 is 9.72 Å². The van der Waals surface area contributed by atoms with Gasteiger partial charge in [0.05, 0.1) is 21.7 Å². The van der Waals surface area contributed by atoms with Crippen LogP contribution in [0.1, 0.15) is 25.5 Å². The molecule has 1 aromatic heterocycles. The Kier molecular flexibility index (Phi) is 7.38. The van der Waals surface area contributed by atoms with Gasteiger partial charge in [-0.15, -0.1) is 0 Å². The van der Waals surface area contributed by atoms with Gasteiger partial charge in [0, 0.05) is 18.7 Å². The molecule has 0 saturated heterocycles. The molecule has 2 aromatic rings. The van der Waals surface area contributed by atoms with Crippen molar-refractivity contribution in [3.8, 4) is 0 Å². The number of carbonyl (C=O) groups is 1. The summed E-state index contributed by atoms with van der Waals surface area (Å²) in [5.74, 6) is 0. The van der Waals surface area contributed by atoms with Crippen LogP contribution in [0.25, 0.3) is 0 Å². The number of nitrogens with one attached hydrogen (secondary N) is 2. The largest absolute Gasteiger partial charge is 0.336 e. The lowest BCUT2D eigenvalue weighted by molar-refractivity contribution is -0.384. The lowest BCUT2D eigenvalue weighted by atomic mass is 10.1. The molecule has 140 valence electrons. The van der Waals surface area contributed by atoms with E-state index in [2.05, 4.69) is 40.8 Å². The Balaban J connectivity index is 2.01. The average Bonchev–Trinajstić information content (AvgIpc) is 3.14. The zero-order valence-electron chi connectivity index (χ0n) is 14.6. The van der Waals surface area contributed by atoms with Crippen molar-refractivity contribution in [3.63, 3.8) is 0 Å². The molecule has 2 N–H and O–H groups in total. The number of anilines is 1. The van der Waals surface area contributed by atoms with Crippen molar-refractivity contribution >= 4 is 40.3 Å². The number of thiophene rings is 1. The minimum atomic E-state index is -0.536. The molecule has 0 radical (unpaired) electrons. The average molecular weight is 397 g/mol. The van der Waals surface area contributed by atoms with E-state index < -0.39 is 11.0 Å². The molecule has 0 aliphatic heterocycles. The highest BCUT2D eigenvalue weighted by Crippen LogP contribution is 2.27. The van der Waals surface area contributed by atoms with E-state index in [0.717, 1.165) is 18.7 Å². The summed E-state index contributed by atoms with van der Waals surface area (Å²) >= 11 is 7.62. The van der Waals surface area contributed by atoms with Crippen LogP contribution in [-0.2, 0) is 0 Å². The molecular formula is C17H21ClN4O3S. The van der Waals surface area contributed by atoms with Crippen LogP contribution in [0.15, 0.2) is 35.0 Å². The number of rotatable bonds is 8. The van der Waals surface area contributed by atoms with E-state index in [1.807, 2.05) is 5.38 Å². The van der Waals surface area contributed by atoms with E-state index in [1.165, 1.54) is 18.2 Å². The van der Waals surface area contributed by atoms with Gasteiger partial charge in [0.15, 0.2) is 0 Å². The van der Waals surface area contributed by atoms with Crippen molar-refractivity contribution in [2.75, 3.05) is 25.0 Å². The first-order valence-electron chi connectivity index (χ1n) is 8.21. The minimum Gasteiger partial charge on any atom is -0.336 e. The number of halogens is 1. The van der Waals surface area contributed by atoms with E-state index in [9.17, 15) is 14.9 Å². The smallest absolute Gasteiger partial charge is 0.319 e. The molecule has 0 bridgehead atoms. The minimum absolute atomic E-state index is 0.0781. The Morgan fingerprint density at radius 3 is 2.62 bits per heavy atom. The van der Waals surface area contributed by atoms with Crippen LogP contribution >= 0.6 is 22.9 Å². The maximum absolute atomic E-state index is 12.2. The number of nitrogens with zero attached hydrogens (tertiary/aromatic N) is 2. The van der Waals surface area contributed by atoms with Gasteiger partial charge in [0.2, 0.25) is 0 Å². The van der Waals surface area contributed by atoms with Crippen molar-refractivity contribution in [3.05, 3.63) is 55.7 Å². The molecule has 7 nitrogen and oxygen atoms in total. The zero-order valence-corrected chi connectivity index (χ0v) is 16.1. The third-order valence-electron chi connectivity index (χ3n) is 4.05. The lowest BCUT2D eigenvalue weighted by Crippen LogP contribution is -2.39. The second kappa shape index (κ2) is 9.51. The number of hydrogen-bond acceptors (Lipinski definition) is 5. The van der Waals surface area contributed by atoms with Gasteiger partial charge in [0.1, 0.15) is 0 Å². The number of carbonyl (C=O) groups excluding carboxylic acids is 1. The summed E-state index contributed by atoms with van der Waals surface area (Å²) in [4.78, 5) is 24.7. The number of hydrogen-bond donors (Lipinski definition) is 2. The normalized spacial score (nSPS) is 12.0. The number of benzene rings is 1. The van der Waals surface area contributed by atoms with E-state index >= 15 is 0 Å². The van der Waals surface area contributed by atoms with Gasteiger partial charge in [-0.3, -0.25) is 15.0 Å². The summed E-state index contributed by atoms with van der Waals surface area (Å²) in [5.41, 5.74) is 1.36. The van der Waals surface area contributed by atoms with Gasteiger partial charge in [-0.2, -0.15) is 11.3 Å². The topological polar surface area (TPSA) is 87.5 Å². The van der Waals surface area contributed by atoms with Gasteiger partial charge in [-0.25, -0.2) is 4.79 Å². The van der Waals surface area contributed by atoms with Crippen LogP contribution in [-0.4, -0.2) is 35.5 Å². The van der Waals surface area contributed by atoms with Gasteiger partial charge in [-0.05, 0) is 41.5 Å². The molecular weight excluding hydrogens is 376 g/mol. The van der Waals surface area contributed by atoms with Gasteiger partial charge < -0.3 is 10.6 Å². The molecule has 0 saturated carbocycles. The molecule has 1 heterocycles. The summed E-state index contributed by atoms with van der Waals surface area (Å²) in [6, 6.07) is 5.65. The molecule has 2 rings (SSSR count). The molecule has 26 heavy (non-hydrogen) atoms. The SMILES string of the molecule is CCN(CC)C(CNC(=O)Nc1ccc([N+](=O)[O-])cc1Cl)c1ccsc1. The maximum Gasteiger partial charge on any atom is 0.319 e. The van der Waals surface area contributed by atoms with Crippen LogP contribution in [0.4, 0.5) is 16.2 Å². The second-order valence-corrected chi connectivity index (χ2v) is 6.74. The number of nitro groups is 1. The van der Waals surface area contributed by atoms with Gasteiger partial charge in [-0.1, -0.05) is 25.4 Å². The molecule has 1 atom stereocenters. The van der Waals surface area contributed by atoms with E-state index in [1.54, 1.807) is 11.3 Å². The molecule has 0 fully saturated rings.